The van der Waals surface area contributed by atoms with Crippen molar-refractivity contribution in [3.8, 4) is 0 Å². The zero-order valence-electron chi connectivity index (χ0n) is 4.77. The van der Waals surface area contributed by atoms with E-state index in [0.29, 0.717) is 0 Å². The van der Waals surface area contributed by atoms with Crippen molar-refractivity contribution in [3.63, 3.8) is 0 Å². The molecule has 0 amide bonds. The van der Waals surface area contributed by atoms with Crippen LogP contribution in [0.15, 0.2) is 0 Å². The van der Waals surface area contributed by atoms with Gasteiger partial charge in [0.15, 0.2) is 5.75 Å². The molecular weight excluding hydrogens is 169 g/mol. The van der Waals surface area contributed by atoms with Gasteiger partial charge in [-0.05, 0) is 11.2 Å². The molecule has 0 aliphatic heterocycles. The number of halogens is 3. The van der Waals surface area contributed by atoms with Crippen LogP contribution in [0.4, 0.5) is 13.2 Å². The fourth-order valence-electron chi connectivity index (χ4n) is 0.299. The molecule has 1 atom stereocenters. The summed E-state index contributed by atoms with van der Waals surface area (Å²) >= 11 is -2.14. The highest BCUT2D eigenvalue weighted by Gasteiger charge is 2.34. The van der Waals surface area contributed by atoms with E-state index in [-0.39, 0.29) is 0 Å². The summed E-state index contributed by atoms with van der Waals surface area (Å²) in [5.74, 6) is -2.10. The second kappa shape index (κ2) is 3.82. The van der Waals surface area contributed by atoms with Crippen LogP contribution in [0.2, 0.25) is 0 Å². The van der Waals surface area contributed by atoms with Gasteiger partial charge < -0.3 is 4.55 Å². The van der Waals surface area contributed by atoms with Crippen LogP contribution in [0.25, 0.3) is 0 Å². The molecule has 6 heteroatoms. The van der Waals surface area contributed by atoms with Crippen LogP contribution >= 0.6 is 0 Å². The van der Waals surface area contributed by atoms with Gasteiger partial charge in [0.25, 0.3) is 6.29 Å². The normalized spacial score (nSPS) is 14.8. The van der Waals surface area contributed by atoms with Gasteiger partial charge in [0.05, 0.1) is 0 Å². The summed E-state index contributed by atoms with van der Waals surface area (Å²) in [4.78, 5) is 9.42. The minimum atomic E-state index is -4.46. The lowest BCUT2D eigenvalue weighted by Gasteiger charge is -2.08. The summed E-state index contributed by atoms with van der Waals surface area (Å²) in [5, 5.41) is 0. The van der Waals surface area contributed by atoms with E-state index in [1.165, 1.54) is 0 Å². The van der Waals surface area contributed by atoms with Crippen molar-refractivity contribution in [3.05, 3.63) is 0 Å². The van der Waals surface area contributed by atoms with E-state index in [9.17, 15) is 22.5 Å². The van der Waals surface area contributed by atoms with Gasteiger partial charge >= 0.3 is 6.18 Å². The third kappa shape index (κ3) is 5.90. The van der Waals surface area contributed by atoms with Gasteiger partial charge in [0, 0.05) is 0 Å². The van der Waals surface area contributed by atoms with Crippen molar-refractivity contribution in [2.45, 2.75) is 6.18 Å². The first kappa shape index (κ1) is 9.77. The zero-order valence-corrected chi connectivity index (χ0v) is 5.59. The van der Waals surface area contributed by atoms with Gasteiger partial charge in [0.1, 0.15) is 0 Å². The van der Waals surface area contributed by atoms with Crippen LogP contribution in [0.1, 0.15) is 0 Å². The van der Waals surface area contributed by atoms with Crippen molar-refractivity contribution in [1.29, 1.82) is 0 Å². The Morgan fingerprint density at radius 1 is 1.50 bits per heavy atom. The standard InChI is InChI=1S/C4H4F3O2S/c5-4(6,7)3-10(9)2-1-8/h2-3H2. The molecule has 10 heavy (non-hydrogen) atoms. The average molecular weight is 173 g/mol. The first-order chi connectivity index (χ1) is 4.45. The molecule has 0 heterocycles. The molecule has 0 N–H and O–H groups in total. The number of hydrogen-bond acceptors (Lipinski definition) is 2. The Kier molecular flexibility index (Phi) is 3.73. The van der Waals surface area contributed by atoms with Gasteiger partial charge in [-0.25, -0.2) is 0 Å². The highest BCUT2D eigenvalue weighted by Crippen LogP contribution is 2.16. The summed E-state index contributed by atoms with van der Waals surface area (Å²) in [6.45, 7) is 0. The van der Waals surface area contributed by atoms with Crippen molar-refractivity contribution < 1.29 is 22.5 Å². The maximum Gasteiger partial charge on any atom is 0.433 e. The number of rotatable bonds is 3. The quantitative estimate of drug-likeness (QED) is 0.580. The third-order valence-corrected chi connectivity index (χ3v) is 1.63. The largest absolute Gasteiger partial charge is 0.616 e. The van der Waals surface area contributed by atoms with E-state index in [2.05, 4.69) is 0 Å². The Labute approximate surface area is 58.6 Å². The first-order valence-corrected chi connectivity index (χ1v) is 3.71. The summed E-state index contributed by atoms with van der Waals surface area (Å²) in [6.07, 6.45) is -3.32. The molecule has 0 saturated carbocycles. The van der Waals surface area contributed by atoms with Crippen molar-refractivity contribution >= 4 is 17.5 Å². The van der Waals surface area contributed by atoms with Crippen molar-refractivity contribution in [2.24, 2.45) is 0 Å². The Bertz CT molecular complexity index is 114. The molecule has 0 aromatic rings. The average Bonchev–Trinajstić information content (AvgIpc) is 1.59. The van der Waals surface area contributed by atoms with E-state index in [1.807, 2.05) is 0 Å². The van der Waals surface area contributed by atoms with Crippen LogP contribution in [-0.4, -0.2) is 28.5 Å². The van der Waals surface area contributed by atoms with Gasteiger partial charge in [0.2, 0.25) is 5.75 Å². The van der Waals surface area contributed by atoms with E-state index < -0.39 is 28.9 Å². The Hall–Kier alpha value is -0.230. The lowest BCUT2D eigenvalue weighted by atomic mass is 10.8. The monoisotopic (exact) mass is 173 g/mol. The lowest BCUT2D eigenvalue weighted by molar-refractivity contribution is -0.106. The Morgan fingerprint density at radius 3 is 2.30 bits per heavy atom. The minimum Gasteiger partial charge on any atom is -0.616 e. The summed E-state index contributed by atoms with van der Waals surface area (Å²) in [5.41, 5.74) is 0. The maximum absolute atomic E-state index is 11.3. The summed E-state index contributed by atoms with van der Waals surface area (Å²) < 4.78 is 44.1. The SMILES string of the molecule is O=[C]C[S+]([O-])CC(F)(F)F. The molecule has 59 valence electrons. The molecule has 0 aliphatic carbocycles. The molecule has 0 spiro atoms. The highest BCUT2D eigenvalue weighted by atomic mass is 32.2. The molecule has 0 saturated heterocycles. The number of hydrogen-bond donors (Lipinski definition) is 0. The van der Waals surface area contributed by atoms with Gasteiger partial charge in [-0.1, -0.05) is 0 Å². The fourth-order valence-corrected chi connectivity index (χ4v) is 0.898. The van der Waals surface area contributed by atoms with Crippen LogP contribution in [-0.2, 0) is 16.0 Å². The second-order valence-electron chi connectivity index (χ2n) is 1.49. The van der Waals surface area contributed by atoms with E-state index in [4.69, 9.17) is 0 Å². The highest BCUT2D eigenvalue weighted by molar-refractivity contribution is 7.92. The summed E-state index contributed by atoms with van der Waals surface area (Å²) in [7, 11) is 0. The molecule has 2 nitrogen and oxygen atoms in total. The van der Waals surface area contributed by atoms with Crippen LogP contribution in [0.5, 0.6) is 0 Å². The molecule has 0 aromatic heterocycles. The van der Waals surface area contributed by atoms with Crippen LogP contribution in [0, 0.1) is 0 Å². The van der Waals surface area contributed by atoms with Gasteiger partial charge in [-0.3, -0.25) is 4.79 Å². The topological polar surface area (TPSA) is 40.1 Å². The number of alkyl halides is 3. The predicted molar refractivity (Wildman–Crippen MR) is 29.6 cm³/mol. The molecule has 0 bridgehead atoms. The Morgan fingerprint density at radius 2 is 2.00 bits per heavy atom. The molecular formula is C4H4F3O2S. The van der Waals surface area contributed by atoms with Crippen LogP contribution in [0.3, 0.4) is 0 Å². The molecule has 0 aromatic carbocycles. The van der Waals surface area contributed by atoms with Crippen LogP contribution < -0.4 is 0 Å². The molecule has 0 aliphatic rings. The molecule has 1 radical (unpaired) electrons. The van der Waals surface area contributed by atoms with Crippen molar-refractivity contribution in [1.82, 2.24) is 0 Å². The zero-order chi connectivity index (χ0) is 8.20. The lowest BCUT2D eigenvalue weighted by Crippen LogP contribution is -2.25. The van der Waals surface area contributed by atoms with Gasteiger partial charge in [-0.2, -0.15) is 13.2 Å². The van der Waals surface area contributed by atoms with Gasteiger partial charge in [-0.15, -0.1) is 0 Å². The predicted octanol–water partition coefficient (Wildman–Crippen LogP) is 0.407. The molecule has 1 unspecified atom stereocenters. The fraction of sp³-hybridized carbons (Fsp3) is 0.750. The second-order valence-corrected chi connectivity index (χ2v) is 2.95. The minimum absolute atomic E-state index is 0.667. The van der Waals surface area contributed by atoms with E-state index >= 15 is 0 Å². The molecule has 0 fully saturated rings. The third-order valence-electron chi connectivity index (χ3n) is 0.545. The first-order valence-electron chi connectivity index (χ1n) is 2.22. The maximum atomic E-state index is 11.3. The summed E-state index contributed by atoms with van der Waals surface area (Å²) in [6, 6.07) is 0. The Balaban J connectivity index is 3.56. The van der Waals surface area contributed by atoms with E-state index in [0.717, 1.165) is 6.29 Å². The van der Waals surface area contributed by atoms with E-state index in [1.54, 1.807) is 0 Å². The number of carbonyl (C=O) groups excluding carboxylic acids is 1. The molecule has 0 rings (SSSR count). The smallest absolute Gasteiger partial charge is 0.433 e. The van der Waals surface area contributed by atoms with Crippen molar-refractivity contribution in [2.75, 3.05) is 11.5 Å².